The lowest BCUT2D eigenvalue weighted by molar-refractivity contribution is -0.127. The first-order valence-corrected chi connectivity index (χ1v) is 9.57. The van der Waals surface area contributed by atoms with Crippen LogP contribution in [-0.4, -0.2) is 48.1 Å². The van der Waals surface area contributed by atoms with Gasteiger partial charge in [-0.15, -0.1) is 0 Å². The minimum absolute atomic E-state index is 0.274. The highest BCUT2D eigenvalue weighted by atomic mass is 16.5. The van der Waals surface area contributed by atoms with Crippen molar-refractivity contribution in [3.63, 3.8) is 0 Å². The first kappa shape index (κ1) is 18.9. The van der Waals surface area contributed by atoms with Crippen LogP contribution >= 0.6 is 0 Å². The van der Waals surface area contributed by atoms with Crippen molar-refractivity contribution in [2.75, 3.05) is 26.2 Å². The van der Waals surface area contributed by atoms with Gasteiger partial charge >= 0.3 is 0 Å². The summed E-state index contributed by atoms with van der Waals surface area (Å²) in [5.74, 6) is 1.76. The van der Waals surface area contributed by atoms with Crippen LogP contribution in [0, 0.1) is 0 Å². The third-order valence-corrected chi connectivity index (χ3v) is 4.43. The molecule has 1 amide bonds. The first-order valence-electron chi connectivity index (χ1n) is 9.57. The van der Waals surface area contributed by atoms with Crippen LogP contribution in [-0.2, 0) is 11.3 Å². The third-order valence-electron chi connectivity index (χ3n) is 4.43. The molecular formula is C20H27N5O2. The van der Waals surface area contributed by atoms with Crippen LogP contribution < -0.4 is 10.6 Å². The molecule has 0 radical (unpaired) electrons. The highest BCUT2D eigenvalue weighted by Crippen LogP contribution is 2.19. The van der Waals surface area contributed by atoms with E-state index in [1.165, 1.54) is 0 Å². The molecule has 2 aromatic rings. The zero-order chi connectivity index (χ0) is 18.9. The minimum Gasteiger partial charge on any atom is -0.357 e. The van der Waals surface area contributed by atoms with Crippen molar-refractivity contribution in [1.82, 2.24) is 20.7 Å². The van der Waals surface area contributed by atoms with Crippen molar-refractivity contribution in [2.24, 2.45) is 4.99 Å². The van der Waals surface area contributed by atoms with Crippen LogP contribution in [0.2, 0.25) is 0 Å². The van der Waals surface area contributed by atoms with Crippen molar-refractivity contribution >= 4 is 11.9 Å². The fraction of sp³-hybridized carbons (Fsp3) is 0.450. The SMILES string of the molecule is CCNC(=NCc1cc(-c2ccccc2)on1)NCCCN1CCCC1=O. The van der Waals surface area contributed by atoms with Gasteiger partial charge in [-0.25, -0.2) is 4.99 Å². The van der Waals surface area contributed by atoms with Crippen LogP contribution in [0.25, 0.3) is 11.3 Å². The predicted octanol–water partition coefficient (Wildman–Crippen LogP) is 2.41. The quantitative estimate of drug-likeness (QED) is 0.424. The Labute approximate surface area is 159 Å². The number of guanidine groups is 1. The fourth-order valence-corrected chi connectivity index (χ4v) is 3.04. The number of aliphatic imine (C=N–C) groups is 1. The van der Waals surface area contributed by atoms with Crippen LogP contribution in [0.4, 0.5) is 0 Å². The summed E-state index contributed by atoms with van der Waals surface area (Å²) >= 11 is 0. The summed E-state index contributed by atoms with van der Waals surface area (Å²) in [6.07, 6.45) is 2.58. The van der Waals surface area contributed by atoms with Crippen molar-refractivity contribution < 1.29 is 9.32 Å². The molecule has 1 aromatic heterocycles. The number of likely N-dealkylation sites (tertiary alicyclic amines) is 1. The van der Waals surface area contributed by atoms with Gasteiger partial charge in [0.25, 0.3) is 0 Å². The molecule has 0 bridgehead atoms. The number of nitrogens with zero attached hydrogens (tertiary/aromatic N) is 3. The Bertz CT molecular complexity index is 757. The number of nitrogens with one attached hydrogen (secondary N) is 2. The molecule has 7 nitrogen and oxygen atoms in total. The summed E-state index contributed by atoms with van der Waals surface area (Å²) in [4.78, 5) is 18.1. The highest BCUT2D eigenvalue weighted by Gasteiger charge is 2.18. The number of carbonyl (C=O) groups is 1. The summed E-state index contributed by atoms with van der Waals surface area (Å²) in [6, 6.07) is 11.8. The Morgan fingerprint density at radius 1 is 1.30 bits per heavy atom. The van der Waals surface area contributed by atoms with Crippen LogP contribution in [0.15, 0.2) is 45.9 Å². The Kier molecular flexibility index (Phi) is 6.84. The molecule has 3 rings (SSSR count). The largest absolute Gasteiger partial charge is 0.357 e. The van der Waals surface area contributed by atoms with Gasteiger partial charge in [-0.2, -0.15) is 0 Å². The summed E-state index contributed by atoms with van der Waals surface area (Å²) in [7, 11) is 0. The van der Waals surface area contributed by atoms with Gasteiger partial charge < -0.3 is 20.1 Å². The molecule has 0 atom stereocenters. The van der Waals surface area contributed by atoms with Crippen molar-refractivity contribution in [3.05, 3.63) is 42.1 Å². The van der Waals surface area contributed by atoms with Crippen LogP contribution in [0.3, 0.4) is 0 Å². The zero-order valence-electron chi connectivity index (χ0n) is 15.8. The van der Waals surface area contributed by atoms with E-state index in [1.54, 1.807) is 0 Å². The number of hydrogen-bond acceptors (Lipinski definition) is 4. The second kappa shape index (κ2) is 9.75. The minimum atomic E-state index is 0.274. The van der Waals surface area contributed by atoms with E-state index in [0.717, 1.165) is 62.0 Å². The predicted molar refractivity (Wildman–Crippen MR) is 105 cm³/mol. The van der Waals surface area contributed by atoms with Gasteiger partial charge in [-0.3, -0.25) is 4.79 Å². The molecule has 1 aromatic carbocycles. The number of rotatable bonds is 8. The van der Waals surface area contributed by atoms with Crippen molar-refractivity contribution in [3.8, 4) is 11.3 Å². The molecule has 1 aliphatic heterocycles. The maximum atomic E-state index is 11.6. The first-order chi connectivity index (χ1) is 13.3. The number of amides is 1. The van der Waals surface area contributed by atoms with Gasteiger partial charge in [0.2, 0.25) is 5.91 Å². The van der Waals surface area contributed by atoms with Crippen LogP contribution in [0.1, 0.15) is 31.9 Å². The molecule has 7 heteroatoms. The molecule has 1 saturated heterocycles. The zero-order valence-corrected chi connectivity index (χ0v) is 15.8. The van der Waals surface area contributed by atoms with E-state index in [4.69, 9.17) is 4.52 Å². The Morgan fingerprint density at radius 2 is 2.15 bits per heavy atom. The van der Waals surface area contributed by atoms with Crippen LogP contribution in [0.5, 0.6) is 0 Å². The van der Waals surface area contributed by atoms with Gasteiger partial charge in [-0.1, -0.05) is 35.5 Å². The average molecular weight is 369 g/mol. The van der Waals surface area contributed by atoms with E-state index in [-0.39, 0.29) is 5.91 Å². The number of aromatic nitrogens is 1. The molecule has 0 saturated carbocycles. The second-order valence-corrected chi connectivity index (χ2v) is 6.51. The highest BCUT2D eigenvalue weighted by molar-refractivity contribution is 5.79. The molecule has 0 unspecified atom stereocenters. The summed E-state index contributed by atoms with van der Waals surface area (Å²) in [6.45, 7) is 5.71. The van der Waals surface area contributed by atoms with E-state index in [0.29, 0.717) is 13.0 Å². The molecule has 2 heterocycles. The van der Waals surface area contributed by atoms with Gasteiger partial charge in [0.05, 0.1) is 6.54 Å². The molecular weight excluding hydrogens is 342 g/mol. The lowest BCUT2D eigenvalue weighted by Crippen LogP contribution is -2.39. The molecule has 144 valence electrons. The summed E-state index contributed by atoms with van der Waals surface area (Å²) in [5.41, 5.74) is 1.79. The standard InChI is InChI=1S/C20H27N5O2/c1-2-21-20(22-11-7-13-25-12-6-10-19(25)26)23-15-17-14-18(27-24-17)16-8-4-3-5-9-16/h3-5,8-9,14H,2,6-7,10-13,15H2,1H3,(H2,21,22,23). The monoisotopic (exact) mass is 369 g/mol. The smallest absolute Gasteiger partial charge is 0.222 e. The molecule has 0 aliphatic carbocycles. The molecule has 27 heavy (non-hydrogen) atoms. The van der Waals surface area contributed by atoms with E-state index in [9.17, 15) is 4.79 Å². The maximum Gasteiger partial charge on any atom is 0.222 e. The maximum absolute atomic E-state index is 11.6. The number of hydrogen-bond donors (Lipinski definition) is 2. The van der Waals surface area contributed by atoms with E-state index in [2.05, 4.69) is 20.8 Å². The third kappa shape index (κ3) is 5.57. The second-order valence-electron chi connectivity index (χ2n) is 6.51. The van der Waals surface area contributed by atoms with Gasteiger partial charge in [0.1, 0.15) is 5.69 Å². The fourth-order valence-electron chi connectivity index (χ4n) is 3.04. The van der Waals surface area contributed by atoms with E-state index < -0.39 is 0 Å². The summed E-state index contributed by atoms with van der Waals surface area (Å²) < 4.78 is 5.41. The number of carbonyl (C=O) groups excluding carboxylic acids is 1. The molecule has 0 spiro atoms. The topological polar surface area (TPSA) is 82.8 Å². The number of benzene rings is 1. The van der Waals surface area contributed by atoms with E-state index in [1.807, 2.05) is 48.2 Å². The molecule has 1 fully saturated rings. The van der Waals surface area contributed by atoms with Gasteiger partial charge in [0.15, 0.2) is 11.7 Å². The molecule has 2 N–H and O–H groups in total. The normalized spacial score (nSPS) is 14.6. The van der Waals surface area contributed by atoms with Crippen molar-refractivity contribution in [1.29, 1.82) is 0 Å². The van der Waals surface area contributed by atoms with E-state index >= 15 is 0 Å². The van der Waals surface area contributed by atoms with Crippen molar-refractivity contribution in [2.45, 2.75) is 32.7 Å². The Hall–Kier alpha value is -2.83. The Balaban J connectivity index is 1.48. The lowest BCUT2D eigenvalue weighted by atomic mass is 10.2. The molecule has 1 aliphatic rings. The Morgan fingerprint density at radius 3 is 2.89 bits per heavy atom. The van der Waals surface area contributed by atoms with Gasteiger partial charge in [-0.05, 0) is 19.8 Å². The van der Waals surface area contributed by atoms with Gasteiger partial charge in [0, 0.05) is 44.2 Å². The average Bonchev–Trinajstić information content (AvgIpc) is 3.33. The summed E-state index contributed by atoms with van der Waals surface area (Å²) in [5, 5.41) is 10.6. The lowest BCUT2D eigenvalue weighted by Gasteiger charge is -2.16.